The van der Waals surface area contributed by atoms with E-state index in [0.717, 1.165) is 6.42 Å². The summed E-state index contributed by atoms with van der Waals surface area (Å²) in [6, 6.07) is 0. The Morgan fingerprint density at radius 2 is 2.00 bits per heavy atom. The van der Waals surface area contributed by atoms with Gasteiger partial charge in [-0.1, -0.05) is 23.2 Å². The predicted molar refractivity (Wildman–Crippen MR) is 44.6 cm³/mol. The molecule has 2 nitrogen and oxygen atoms in total. The normalized spacial score (nSPS) is 26.4. The lowest BCUT2D eigenvalue weighted by Gasteiger charge is -2.11. The molecule has 11 heavy (non-hydrogen) atoms. The monoisotopic (exact) mass is 196 g/mol. The van der Waals surface area contributed by atoms with Gasteiger partial charge in [-0.15, -0.1) is 0 Å². The average Bonchev–Trinajstić information content (AvgIpc) is 2.63. The Hall–Kier alpha value is 0.240. The van der Waals surface area contributed by atoms with E-state index in [1.54, 1.807) is 20.3 Å². The van der Waals surface area contributed by atoms with E-state index in [1.807, 2.05) is 0 Å². The van der Waals surface area contributed by atoms with Crippen LogP contribution >= 0.6 is 23.2 Å². The van der Waals surface area contributed by atoms with E-state index in [1.165, 1.54) is 0 Å². The van der Waals surface area contributed by atoms with Crippen LogP contribution in [0.1, 0.15) is 6.42 Å². The van der Waals surface area contributed by atoms with E-state index in [9.17, 15) is 0 Å². The molecule has 1 rings (SSSR count). The van der Waals surface area contributed by atoms with Gasteiger partial charge in [-0.2, -0.15) is 0 Å². The van der Waals surface area contributed by atoms with Crippen molar-refractivity contribution in [2.24, 2.45) is 5.92 Å². The SMILES string of the molecule is COC1(OC)CC1C=C(Cl)Cl. The van der Waals surface area contributed by atoms with Crippen LogP contribution in [0.4, 0.5) is 0 Å². The molecule has 0 spiro atoms. The van der Waals surface area contributed by atoms with Crippen molar-refractivity contribution in [3.05, 3.63) is 10.6 Å². The molecule has 1 unspecified atom stereocenters. The van der Waals surface area contributed by atoms with Crippen molar-refractivity contribution in [1.29, 1.82) is 0 Å². The molecular weight excluding hydrogens is 187 g/mol. The second kappa shape index (κ2) is 3.31. The van der Waals surface area contributed by atoms with Gasteiger partial charge in [0.15, 0.2) is 5.79 Å². The highest BCUT2D eigenvalue weighted by molar-refractivity contribution is 6.55. The zero-order valence-electron chi connectivity index (χ0n) is 6.43. The van der Waals surface area contributed by atoms with E-state index in [0.29, 0.717) is 0 Å². The van der Waals surface area contributed by atoms with Gasteiger partial charge in [-0.25, -0.2) is 0 Å². The summed E-state index contributed by atoms with van der Waals surface area (Å²) in [5.41, 5.74) is 0. The summed E-state index contributed by atoms with van der Waals surface area (Å²) in [5.74, 6) is -0.267. The fourth-order valence-corrected chi connectivity index (χ4v) is 1.44. The molecule has 0 aromatic carbocycles. The summed E-state index contributed by atoms with van der Waals surface area (Å²) in [4.78, 5) is 0. The van der Waals surface area contributed by atoms with Gasteiger partial charge in [-0.05, 0) is 6.08 Å². The lowest BCUT2D eigenvalue weighted by atomic mass is 10.4. The highest BCUT2D eigenvalue weighted by Crippen LogP contribution is 2.48. The molecule has 1 atom stereocenters. The van der Waals surface area contributed by atoms with Gasteiger partial charge in [0.2, 0.25) is 0 Å². The molecule has 1 aliphatic carbocycles. The average molecular weight is 197 g/mol. The smallest absolute Gasteiger partial charge is 0.174 e. The lowest BCUT2D eigenvalue weighted by Crippen LogP contribution is -2.16. The third-order valence-electron chi connectivity index (χ3n) is 1.93. The maximum Gasteiger partial charge on any atom is 0.174 e. The van der Waals surface area contributed by atoms with Crippen LogP contribution in [-0.4, -0.2) is 20.0 Å². The Labute approximate surface area is 76.1 Å². The third-order valence-corrected chi connectivity index (χ3v) is 2.18. The number of methoxy groups -OCH3 is 2. The fourth-order valence-electron chi connectivity index (χ4n) is 1.14. The first-order valence-electron chi connectivity index (χ1n) is 3.28. The number of ether oxygens (including phenoxy) is 2. The van der Waals surface area contributed by atoms with Crippen molar-refractivity contribution in [3.63, 3.8) is 0 Å². The number of rotatable bonds is 3. The molecular formula is C7H10Cl2O2. The van der Waals surface area contributed by atoms with Crippen LogP contribution in [0.15, 0.2) is 10.6 Å². The fraction of sp³-hybridized carbons (Fsp3) is 0.714. The van der Waals surface area contributed by atoms with Crippen molar-refractivity contribution in [3.8, 4) is 0 Å². The van der Waals surface area contributed by atoms with Gasteiger partial charge >= 0.3 is 0 Å². The second-order valence-electron chi connectivity index (χ2n) is 2.49. The van der Waals surface area contributed by atoms with E-state index < -0.39 is 5.79 Å². The van der Waals surface area contributed by atoms with Crippen molar-refractivity contribution < 1.29 is 9.47 Å². The van der Waals surface area contributed by atoms with Gasteiger partial charge in [-0.3, -0.25) is 0 Å². The zero-order chi connectivity index (χ0) is 8.48. The Morgan fingerprint density at radius 3 is 2.27 bits per heavy atom. The van der Waals surface area contributed by atoms with Gasteiger partial charge < -0.3 is 9.47 Å². The maximum absolute atomic E-state index is 5.47. The molecule has 0 aromatic rings. The Balaban J connectivity index is 2.51. The summed E-state index contributed by atoms with van der Waals surface area (Å²) in [6.07, 6.45) is 2.55. The van der Waals surface area contributed by atoms with Crippen LogP contribution < -0.4 is 0 Å². The van der Waals surface area contributed by atoms with Crippen LogP contribution in [0.25, 0.3) is 0 Å². The molecule has 4 heteroatoms. The minimum atomic E-state index is -0.463. The molecule has 0 aromatic heterocycles. The minimum absolute atomic E-state index is 0.197. The Bertz CT molecular complexity index is 171. The van der Waals surface area contributed by atoms with Gasteiger partial charge in [0, 0.05) is 26.6 Å². The molecule has 0 heterocycles. The van der Waals surface area contributed by atoms with Crippen molar-refractivity contribution in [2.45, 2.75) is 12.2 Å². The standard InChI is InChI=1S/C7H10Cl2O2/c1-10-7(11-2)4-5(7)3-6(8)9/h3,5H,4H2,1-2H3. The number of halogens is 2. The summed E-state index contributed by atoms with van der Waals surface area (Å²) in [6.45, 7) is 0. The zero-order valence-corrected chi connectivity index (χ0v) is 7.95. The lowest BCUT2D eigenvalue weighted by molar-refractivity contribution is -0.135. The molecule has 0 amide bonds. The van der Waals surface area contributed by atoms with Crippen molar-refractivity contribution in [1.82, 2.24) is 0 Å². The van der Waals surface area contributed by atoms with Crippen LogP contribution in [0.2, 0.25) is 0 Å². The minimum Gasteiger partial charge on any atom is -0.353 e. The van der Waals surface area contributed by atoms with E-state index in [4.69, 9.17) is 32.7 Å². The summed E-state index contributed by atoms with van der Waals surface area (Å²) < 4.78 is 10.5. The number of hydrogen-bond acceptors (Lipinski definition) is 2. The number of hydrogen-bond donors (Lipinski definition) is 0. The largest absolute Gasteiger partial charge is 0.353 e. The van der Waals surface area contributed by atoms with Crippen LogP contribution in [-0.2, 0) is 9.47 Å². The Kier molecular flexibility index (Phi) is 2.81. The van der Waals surface area contributed by atoms with Crippen LogP contribution in [0.5, 0.6) is 0 Å². The van der Waals surface area contributed by atoms with E-state index >= 15 is 0 Å². The third kappa shape index (κ3) is 1.88. The summed E-state index contributed by atoms with van der Waals surface area (Å²) in [5, 5.41) is 0. The van der Waals surface area contributed by atoms with E-state index in [2.05, 4.69) is 0 Å². The second-order valence-corrected chi connectivity index (χ2v) is 3.49. The highest BCUT2D eigenvalue weighted by atomic mass is 35.5. The van der Waals surface area contributed by atoms with Gasteiger partial charge in [0.05, 0.1) is 0 Å². The molecule has 0 saturated heterocycles. The Morgan fingerprint density at radius 1 is 1.45 bits per heavy atom. The van der Waals surface area contributed by atoms with Crippen molar-refractivity contribution in [2.75, 3.05) is 14.2 Å². The summed E-state index contributed by atoms with van der Waals surface area (Å²) in [7, 11) is 3.22. The molecule has 0 N–H and O–H groups in total. The van der Waals surface area contributed by atoms with Crippen LogP contribution in [0.3, 0.4) is 0 Å². The topological polar surface area (TPSA) is 18.5 Å². The summed E-state index contributed by atoms with van der Waals surface area (Å²) >= 11 is 10.9. The predicted octanol–water partition coefficient (Wildman–Crippen LogP) is 2.31. The van der Waals surface area contributed by atoms with E-state index in [-0.39, 0.29) is 10.4 Å². The van der Waals surface area contributed by atoms with Crippen LogP contribution in [0, 0.1) is 5.92 Å². The first kappa shape index (κ1) is 9.33. The molecule has 1 saturated carbocycles. The molecule has 1 aliphatic rings. The molecule has 0 bridgehead atoms. The highest BCUT2D eigenvalue weighted by Gasteiger charge is 2.54. The van der Waals surface area contributed by atoms with Crippen molar-refractivity contribution >= 4 is 23.2 Å². The first-order chi connectivity index (χ1) is 5.14. The maximum atomic E-state index is 5.47. The van der Waals surface area contributed by atoms with Gasteiger partial charge in [0.1, 0.15) is 4.49 Å². The first-order valence-corrected chi connectivity index (χ1v) is 4.03. The molecule has 1 fully saturated rings. The quantitative estimate of drug-likeness (QED) is 0.646. The molecule has 0 aliphatic heterocycles. The molecule has 0 radical (unpaired) electrons. The van der Waals surface area contributed by atoms with Gasteiger partial charge in [0.25, 0.3) is 0 Å². The molecule has 64 valence electrons.